The van der Waals surface area contributed by atoms with Crippen molar-refractivity contribution in [1.29, 1.82) is 0 Å². The van der Waals surface area contributed by atoms with Crippen LogP contribution in [0.2, 0.25) is 0 Å². The Morgan fingerprint density at radius 3 is 2.68 bits per heavy atom. The molecule has 2 heterocycles. The SMILES string of the molecule is Cc1n[nH]c(C)c1NCc1cnc2ccccc2n1. The third-order valence-corrected chi connectivity index (χ3v) is 3.07. The van der Waals surface area contributed by atoms with E-state index in [1.807, 2.05) is 38.1 Å². The van der Waals surface area contributed by atoms with Crippen LogP contribution in [0.3, 0.4) is 0 Å². The summed E-state index contributed by atoms with van der Waals surface area (Å²) in [5, 5.41) is 10.5. The molecule has 3 rings (SSSR count). The van der Waals surface area contributed by atoms with Gasteiger partial charge in [-0.15, -0.1) is 0 Å². The minimum atomic E-state index is 0.638. The molecule has 0 bridgehead atoms. The lowest BCUT2D eigenvalue weighted by atomic mass is 10.3. The van der Waals surface area contributed by atoms with Crippen molar-refractivity contribution in [3.05, 3.63) is 47.5 Å². The van der Waals surface area contributed by atoms with E-state index in [1.54, 1.807) is 6.20 Å². The van der Waals surface area contributed by atoms with Gasteiger partial charge in [-0.25, -0.2) is 4.98 Å². The number of hydrogen-bond donors (Lipinski definition) is 2. The average Bonchev–Trinajstić information content (AvgIpc) is 2.76. The molecule has 0 aliphatic rings. The fourth-order valence-corrected chi connectivity index (χ4v) is 2.07. The van der Waals surface area contributed by atoms with Crippen LogP contribution in [0.15, 0.2) is 30.5 Å². The first-order valence-corrected chi connectivity index (χ1v) is 6.20. The van der Waals surface area contributed by atoms with E-state index in [9.17, 15) is 0 Å². The molecule has 0 saturated heterocycles. The fraction of sp³-hybridized carbons (Fsp3) is 0.214. The quantitative estimate of drug-likeness (QED) is 0.753. The van der Waals surface area contributed by atoms with Crippen LogP contribution in [-0.2, 0) is 6.54 Å². The molecule has 0 fully saturated rings. The smallest absolute Gasteiger partial charge is 0.0890 e. The summed E-state index contributed by atoms with van der Waals surface area (Å²) in [6, 6.07) is 7.87. The number of aromatic nitrogens is 4. The van der Waals surface area contributed by atoms with E-state index in [1.165, 1.54) is 0 Å². The van der Waals surface area contributed by atoms with Crippen LogP contribution in [-0.4, -0.2) is 20.2 Å². The van der Waals surface area contributed by atoms with Gasteiger partial charge in [0.2, 0.25) is 0 Å². The Morgan fingerprint density at radius 2 is 1.95 bits per heavy atom. The number of rotatable bonds is 3. The van der Waals surface area contributed by atoms with E-state index in [4.69, 9.17) is 0 Å². The summed E-state index contributed by atoms with van der Waals surface area (Å²) < 4.78 is 0. The van der Waals surface area contributed by atoms with E-state index in [0.717, 1.165) is 33.8 Å². The lowest BCUT2D eigenvalue weighted by Gasteiger charge is -2.06. The van der Waals surface area contributed by atoms with Crippen molar-refractivity contribution in [2.45, 2.75) is 20.4 Å². The largest absolute Gasteiger partial charge is 0.376 e. The van der Waals surface area contributed by atoms with Crippen molar-refractivity contribution in [3.63, 3.8) is 0 Å². The zero-order valence-electron chi connectivity index (χ0n) is 10.9. The lowest BCUT2D eigenvalue weighted by molar-refractivity contribution is 1.02. The maximum atomic E-state index is 4.58. The molecular weight excluding hydrogens is 238 g/mol. The zero-order valence-corrected chi connectivity index (χ0v) is 10.9. The molecule has 0 radical (unpaired) electrons. The van der Waals surface area contributed by atoms with Crippen molar-refractivity contribution < 1.29 is 0 Å². The summed E-state index contributed by atoms with van der Waals surface area (Å²) in [6.07, 6.45) is 1.81. The number of aryl methyl sites for hydroxylation is 2. The van der Waals surface area contributed by atoms with Gasteiger partial charge in [0.25, 0.3) is 0 Å². The number of aromatic amines is 1. The predicted octanol–water partition coefficient (Wildman–Crippen LogP) is 2.58. The van der Waals surface area contributed by atoms with Crippen molar-refractivity contribution in [1.82, 2.24) is 20.2 Å². The first-order valence-electron chi connectivity index (χ1n) is 6.20. The number of H-pyrrole nitrogens is 1. The second-order valence-electron chi connectivity index (χ2n) is 4.51. The summed E-state index contributed by atoms with van der Waals surface area (Å²) in [6.45, 7) is 4.60. The second-order valence-corrected chi connectivity index (χ2v) is 4.51. The number of nitrogens with one attached hydrogen (secondary N) is 2. The normalized spacial score (nSPS) is 10.8. The van der Waals surface area contributed by atoms with Gasteiger partial charge in [-0.1, -0.05) is 12.1 Å². The van der Waals surface area contributed by atoms with Crippen LogP contribution < -0.4 is 5.32 Å². The summed E-state index contributed by atoms with van der Waals surface area (Å²) in [5.74, 6) is 0. The average molecular weight is 253 g/mol. The molecule has 0 unspecified atom stereocenters. The summed E-state index contributed by atoms with van der Waals surface area (Å²) in [5.41, 5.74) is 5.79. The maximum absolute atomic E-state index is 4.58. The van der Waals surface area contributed by atoms with E-state index < -0.39 is 0 Å². The van der Waals surface area contributed by atoms with Crippen molar-refractivity contribution in [3.8, 4) is 0 Å². The third kappa shape index (κ3) is 2.27. The van der Waals surface area contributed by atoms with Crippen LogP contribution in [0.4, 0.5) is 5.69 Å². The van der Waals surface area contributed by atoms with Crippen molar-refractivity contribution >= 4 is 16.7 Å². The number of anilines is 1. The highest BCUT2D eigenvalue weighted by Gasteiger charge is 2.06. The Labute approximate surface area is 111 Å². The van der Waals surface area contributed by atoms with Gasteiger partial charge in [0.15, 0.2) is 0 Å². The third-order valence-electron chi connectivity index (χ3n) is 3.07. The number of hydrogen-bond acceptors (Lipinski definition) is 4. The molecular formula is C14H15N5. The summed E-state index contributed by atoms with van der Waals surface area (Å²) in [7, 11) is 0. The maximum Gasteiger partial charge on any atom is 0.0890 e. The van der Waals surface area contributed by atoms with E-state index >= 15 is 0 Å². The Kier molecular flexibility index (Phi) is 2.87. The van der Waals surface area contributed by atoms with Gasteiger partial charge in [-0.2, -0.15) is 5.10 Å². The molecule has 5 nitrogen and oxygen atoms in total. The van der Waals surface area contributed by atoms with E-state index in [-0.39, 0.29) is 0 Å². The van der Waals surface area contributed by atoms with Crippen LogP contribution in [0.1, 0.15) is 17.1 Å². The second kappa shape index (κ2) is 4.68. The Bertz CT molecular complexity index is 697. The molecule has 0 atom stereocenters. The standard InChI is InChI=1S/C14H15N5/c1-9-14(10(2)19-18-9)16-8-11-7-15-12-5-3-4-6-13(12)17-11/h3-7,16H,8H2,1-2H3,(H,18,19). The number of para-hydroxylation sites is 2. The summed E-state index contributed by atoms with van der Waals surface area (Å²) in [4.78, 5) is 8.98. The minimum absolute atomic E-state index is 0.638. The predicted molar refractivity (Wildman–Crippen MR) is 74.9 cm³/mol. The van der Waals surface area contributed by atoms with Gasteiger partial charge in [0.1, 0.15) is 0 Å². The van der Waals surface area contributed by atoms with Crippen LogP contribution in [0.5, 0.6) is 0 Å². The molecule has 2 N–H and O–H groups in total. The van der Waals surface area contributed by atoms with Crippen LogP contribution in [0, 0.1) is 13.8 Å². The molecule has 5 heteroatoms. The molecule has 0 saturated carbocycles. The van der Waals surface area contributed by atoms with Crippen molar-refractivity contribution in [2.24, 2.45) is 0 Å². The molecule has 1 aromatic carbocycles. The van der Waals surface area contributed by atoms with E-state index in [2.05, 4.69) is 25.5 Å². The minimum Gasteiger partial charge on any atom is -0.376 e. The first-order chi connectivity index (χ1) is 9.24. The molecule has 0 spiro atoms. The van der Waals surface area contributed by atoms with Gasteiger partial charge in [0, 0.05) is 0 Å². The fourth-order valence-electron chi connectivity index (χ4n) is 2.07. The monoisotopic (exact) mass is 253 g/mol. The molecule has 0 aliphatic carbocycles. The number of fused-ring (bicyclic) bond motifs is 1. The lowest BCUT2D eigenvalue weighted by Crippen LogP contribution is -2.04. The zero-order chi connectivity index (χ0) is 13.2. The van der Waals surface area contributed by atoms with Crippen LogP contribution >= 0.6 is 0 Å². The Balaban J connectivity index is 1.82. The molecule has 3 aromatic rings. The Morgan fingerprint density at radius 1 is 1.16 bits per heavy atom. The van der Waals surface area contributed by atoms with Gasteiger partial charge in [-0.3, -0.25) is 10.1 Å². The highest BCUT2D eigenvalue weighted by molar-refractivity contribution is 5.73. The molecule has 2 aromatic heterocycles. The highest BCUT2D eigenvalue weighted by Crippen LogP contribution is 2.17. The van der Waals surface area contributed by atoms with E-state index in [0.29, 0.717) is 6.54 Å². The van der Waals surface area contributed by atoms with Gasteiger partial charge in [0.05, 0.1) is 46.5 Å². The van der Waals surface area contributed by atoms with Gasteiger partial charge >= 0.3 is 0 Å². The molecule has 0 amide bonds. The van der Waals surface area contributed by atoms with Gasteiger partial charge < -0.3 is 5.32 Å². The summed E-state index contributed by atoms with van der Waals surface area (Å²) >= 11 is 0. The van der Waals surface area contributed by atoms with Crippen LogP contribution in [0.25, 0.3) is 11.0 Å². The molecule has 0 aliphatic heterocycles. The number of nitrogens with zero attached hydrogens (tertiary/aromatic N) is 3. The van der Waals surface area contributed by atoms with Crippen molar-refractivity contribution in [2.75, 3.05) is 5.32 Å². The highest BCUT2D eigenvalue weighted by atomic mass is 15.1. The Hall–Kier alpha value is -2.43. The topological polar surface area (TPSA) is 66.5 Å². The molecule has 96 valence electrons. The number of benzene rings is 1. The first kappa shape index (κ1) is 11.6. The molecule has 19 heavy (non-hydrogen) atoms. The van der Waals surface area contributed by atoms with Gasteiger partial charge in [-0.05, 0) is 26.0 Å².